The average Bonchev–Trinajstić information content (AvgIpc) is 2.70. The fraction of sp³-hybridized carbons (Fsp3) is 0.789. The van der Waals surface area contributed by atoms with E-state index in [0.717, 1.165) is 43.9 Å². The molecule has 3 saturated carbocycles. The zero-order valence-corrected chi connectivity index (χ0v) is 13.2. The van der Waals surface area contributed by atoms with Crippen LogP contribution in [0.5, 0.6) is 0 Å². The summed E-state index contributed by atoms with van der Waals surface area (Å²) in [4.78, 5) is 24.3. The Morgan fingerprint density at radius 3 is 2.71 bits per heavy atom. The fourth-order valence-corrected chi connectivity index (χ4v) is 6.29. The van der Waals surface area contributed by atoms with Crippen molar-refractivity contribution in [2.45, 2.75) is 58.8 Å². The predicted octanol–water partition coefficient (Wildman–Crippen LogP) is 3.94. The number of carbonyl (C=O) groups excluding carboxylic acids is 2. The van der Waals surface area contributed by atoms with Crippen LogP contribution < -0.4 is 0 Å². The summed E-state index contributed by atoms with van der Waals surface area (Å²) < 4.78 is 0. The molecule has 2 nitrogen and oxygen atoms in total. The van der Waals surface area contributed by atoms with Crippen molar-refractivity contribution < 1.29 is 9.59 Å². The number of fused-ring (bicyclic) bond motifs is 5. The molecule has 4 aliphatic rings. The van der Waals surface area contributed by atoms with E-state index in [1.165, 1.54) is 18.4 Å². The third-order valence-electron chi connectivity index (χ3n) is 7.31. The standard InChI is InChI=1S/C19H26O2/c1-11-9-17-16-5-3-12-10-13(20)4-6-14(12)15(16)7-8-19(17,2)18(11)21/h10-11,14-17H,3-9H2,1-2H3/t11-,14?,15+,16+,17-,19-/m0/s1. The molecule has 0 bridgehead atoms. The maximum atomic E-state index is 12.6. The Bertz CT molecular complexity index is 532. The highest BCUT2D eigenvalue weighted by atomic mass is 16.1. The van der Waals surface area contributed by atoms with E-state index in [1.807, 2.05) is 6.08 Å². The molecular weight excluding hydrogens is 260 g/mol. The second-order valence-electron chi connectivity index (χ2n) is 8.26. The number of allylic oxidation sites excluding steroid dienone is 1. The minimum Gasteiger partial charge on any atom is -0.299 e. The van der Waals surface area contributed by atoms with Gasteiger partial charge < -0.3 is 0 Å². The topological polar surface area (TPSA) is 34.1 Å². The monoisotopic (exact) mass is 286 g/mol. The van der Waals surface area contributed by atoms with E-state index in [4.69, 9.17) is 0 Å². The second-order valence-corrected chi connectivity index (χ2v) is 8.26. The third-order valence-corrected chi connectivity index (χ3v) is 7.31. The van der Waals surface area contributed by atoms with Crippen LogP contribution in [0.25, 0.3) is 0 Å². The summed E-state index contributed by atoms with van der Waals surface area (Å²) in [5, 5.41) is 0. The summed E-state index contributed by atoms with van der Waals surface area (Å²) in [6.07, 6.45) is 9.48. The number of carbonyl (C=O) groups is 2. The van der Waals surface area contributed by atoms with E-state index in [9.17, 15) is 9.59 Å². The minimum atomic E-state index is -0.0354. The summed E-state index contributed by atoms with van der Waals surface area (Å²) in [5.41, 5.74) is 1.40. The van der Waals surface area contributed by atoms with Crippen LogP contribution >= 0.6 is 0 Å². The average molecular weight is 286 g/mol. The minimum absolute atomic E-state index is 0.0354. The van der Waals surface area contributed by atoms with E-state index in [-0.39, 0.29) is 11.3 Å². The Morgan fingerprint density at radius 1 is 1.10 bits per heavy atom. The molecule has 0 saturated heterocycles. The van der Waals surface area contributed by atoms with Gasteiger partial charge in [0.2, 0.25) is 0 Å². The highest BCUT2D eigenvalue weighted by Gasteiger charge is 2.58. The summed E-state index contributed by atoms with van der Waals surface area (Å²) in [5.74, 6) is 3.87. The summed E-state index contributed by atoms with van der Waals surface area (Å²) in [7, 11) is 0. The zero-order valence-electron chi connectivity index (χ0n) is 13.2. The van der Waals surface area contributed by atoms with Crippen molar-refractivity contribution >= 4 is 11.6 Å². The van der Waals surface area contributed by atoms with E-state index >= 15 is 0 Å². The molecule has 6 atom stereocenters. The van der Waals surface area contributed by atoms with Crippen molar-refractivity contribution in [1.82, 2.24) is 0 Å². The lowest BCUT2D eigenvalue weighted by atomic mass is 9.52. The van der Waals surface area contributed by atoms with Crippen LogP contribution in [0.1, 0.15) is 58.8 Å². The molecule has 0 aromatic rings. The van der Waals surface area contributed by atoms with Gasteiger partial charge in [-0.2, -0.15) is 0 Å². The summed E-state index contributed by atoms with van der Waals surface area (Å²) in [6, 6.07) is 0. The van der Waals surface area contributed by atoms with Crippen molar-refractivity contribution in [2.75, 3.05) is 0 Å². The first-order valence-electron chi connectivity index (χ1n) is 8.78. The molecule has 1 unspecified atom stereocenters. The lowest BCUT2D eigenvalue weighted by molar-refractivity contribution is -0.133. The Hall–Kier alpha value is -0.920. The predicted molar refractivity (Wildman–Crippen MR) is 81.6 cm³/mol. The lowest BCUT2D eigenvalue weighted by Gasteiger charge is -2.52. The molecular formula is C19H26O2. The number of hydrogen-bond acceptors (Lipinski definition) is 2. The van der Waals surface area contributed by atoms with Crippen LogP contribution in [-0.2, 0) is 9.59 Å². The molecule has 3 fully saturated rings. The SMILES string of the molecule is C[C@H]1C[C@H]2[C@@H]3CCC4=CC(=O)CCC4[C@H]3CC[C@]2(C)C1=O. The van der Waals surface area contributed by atoms with Gasteiger partial charge in [-0.25, -0.2) is 0 Å². The van der Waals surface area contributed by atoms with Crippen LogP contribution in [0.15, 0.2) is 11.6 Å². The van der Waals surface area contributed by atoms with Crippen LogP contribution in [0.4, 0.5) is 0 Å². The van der Waals surface area contributed by atoms with Gasteiger partial charge in [0.1, 0.15) is 5.78 Å². The van der Waals surface area contributed by atoms with Gasteiger partial charge >= 0.3 is 0 Å². The van der Waals surface area contributed by atoms with Crippen LogP contribution in [0.3, 0.4) is 0 Å². The highest BCUT2D eigenvalue weighted by molar-refractivity contribution is 5.91. The quantitative estimate of drug-likeness (QED) is 0.676. The van der Waals surface area contributed by atoms with E-state index in [1.54, 1.807) is 0 Å². The van der Waals surface area contributed by atoms with Gasteiger partial charge in [-0.1, -0.05) is 19.4 Å². The highest BCUT2D eigenvalue weighted by Crippen LogP contribution is 2.61. The molecule has 0 aliphatic heterocycles. The molecule has 0 amide bonds. The molecule has 0 heterocycles. The molecule has 114 valence electrons. The Labute approximate surface area is 127 Å². The normalized spacial score (nSPS) is 49.2. The first-order valence-corrected chi connectivity index (χ1v) is 8.78. The van der Waals surface area contributed by atoms with Gasteiger partial charge in [-0.05, 0) is 68.3 Å². The molecule has 0 radical (unpaired) electrons. The molecule has 4 rings (SSSR count). The molecule has 0 spiro atoms. The van der Waals surface area contributed by atoms with Gasteiger partial charge in [0.15, 0.2) is 5.78 Å². The van der Waals surface area contributed by atoms with Gasteiger partial charge in [0.05, 0.1) is 0 Å². The zero-order chi connectivity index (χ0) is 14.8. The molecule has 4 aliphatic carbocycles. The van der Waals surface area contributed by atoms with Crippen molar-refractivity contribution in [2.24, 2.45) is 35.0 Å². The van der Waals surface area contributed by atoms with E-state index in [2.05, 4.69) is 13.8 Å². The Balaban J connectivity index is 1.65. The van der Waals surface area contributed by atoms with Crippen LogP contribution in [0, 0.1) is 35.0 Å². The van der Waals surface area contributed by atoms with Gasteiger partial charge in [-0.3, -0.25) is 9.59 Å². The first-order chi connectivity index (χ1) is 10.0. The van der Waals surface area contributed by atoms with Crippen molar-refractivity contribution in [3.05, 3.63) is 11.6 Å². The molecule has 0 aromatic heterocycles. The van der Waals surface area contributed by atoms with Gasteiger partial charge in [0.25, 0.3) is 0 Å². The van der Waals surface area contributed by atoms with Gasteiger partial charge in [-0.15, -0.1) is 0 Å². The fourth-order valence-electron chi connectivity index (χ4n) is 6.29. The maximum Gasteiger partial charge on any atom is 0.155 e. The molecule has 0 aromatic carbocycles. The third kappa shape index (κ3) is 1.83. The summed E-state index contributed by atoms with van der Waals surface area (Å²) >= 11 is 0. The lowest BCUT2D eigenvalue weighted by Crippen LogP contribution is -2.46. The van der Waals surface area contributed by atoms with Gasteiger partial charge in [0, 0.05) is 17.8 Å². The second kappa shape index (κ2) is 4.54. The number of Topliss-reactive ketones (excluding diaryl/α,β-unsaturated/α-hetero) is 1. The van der Waals surface area contributed by atoms with Crippen LogP contribution in [-0.4, -0.2) is 11.6 Å². The smallest absolute Gasteiger partial charge is 0.155 e. The Kier molecular flexibility index (Phi) is 2.96. The van der Waals surface area contributed by atoms with E-state index < -0.39 is 0 Å². The number of rotatable bonds is 0. The summed E-state index contributed by atoms with van der Waals surface area (Å²) in [6.45, 7) is 4.38. The first kappa shape index (κ1) is 13.7. The molecule has 2 heteroatoms. The Morgan fingerprint density at radius 2 is 1.90 bits per heavy atom. The number of hydrogen-bond donors (Lipinski definition) is 0. The van der Waals surface area contributed by atoms with Crippen LogP contribution in [0.2, 0.25) is 0 Å². The maximum absolute atomic E-state index is 12.6. The molecule has 21 heavy (non-hydrogen) atoms. The van der Waals surface area contributed by atoms with Crippen molar-refractivity contribution in [3.8, 4) is 0 Å². The molecule has 0 N–H and O–H groups in total. The van der Waals surface area contributed by atoms with E-state index in [0.29, 0.717) is 23.4 Å². The van der Waals surface area contributed by atoms with Crippen molar-refractivity contribution in [3.63, 3.8) is 0 Å². The largest absolute Gasteiger partial charge is 0.299 e. The number of ketones is 2. The van der Waals surface area contributed by atoms with Crippen molar-refractivity contribution in [1.29, 1.82) is 0 Å².